The molecule has 100 valence electrons. The Labute approximate surface area is 109 Å². The molecule has 1 rings (SSSR count). The number of carbonyl (C=O) groups is 1. The summed E-state index contributed by atoms with van der Waals surface area (Å²) in [5.41, 5.74) is 1.00. The summed E-state index contributed by atoms with van der Waals surface area (Å²) in [6, 6.07) is 5.35. The Kier molecular flexibility index (Phi) is 8.37. The van der Waals surface area contributed by atoms with Crippen LogP contribution in [0, 0.1) is 5.92 Å². The Morgan fingerprint density at radius 2 is 1.78 bits per heavy atom. The van der Waals surface area contributed by atoms with Gasteiger partial charge in [0, 0.05) is 0 Å². The first-order valence-electron chi connectivity index (χ1n) is 5.96. The molecule has 0 aromatic heterocycles. The fourth-order valence-electron chi connectivity index (χ4n) is 1.13. The van der Waals surface area contributed by atoms with Crippen LogP contribution < -0.4 is 9.47 Å². The van der Waals surface area contributed by atoms with Gasteiger partial charge >= 0.3 is 0 Å². The average molecular weight is 250 g/mol. The first kappa shape index (κ1) is 16.2. The van der Waals surface area contributed by atoms with Crippen LogP contribution in [0.5, 0.6) is 11.5 Å². The maximum absolute atomic E-state index is 10.2. The number of carbonyl (C=O) groups excluding carboxylic acids is 1. The SMILES string of the molecule is C/C=C/c1ccc(OC=O)c(OC)c1.CC(C)C. The number of allylic oxidation sites excluding steroid dienone is 1. The summed E-state index contributed by atoms with van der Waals surface area (Å²) in [5, 5.41) is 0. The van der Waals surface area contributed by atoms with E-state index >= 15 is 0 Å². The highest BCUT2D eigenvalue weighted by Gasteiger charge is 2.03. The van der Waals surface area contributed by atoms with Gasteiger partial charge in [0.25, 0.3) is 6.47 Å². The van der Waals surface area contributed by atoms with Gasteiger partial charge in [0.2, 0.25) is 0 Å². The smallest absolute Gasteiger partial charge is 0.298 e. The number of benzene rings is 1. The minimum atomic E-state index is 0.382. The molecule has 0 aliphatic rings. The molecule has 1 aromatic carbocycles. The van der Waals surface area contributed by atoms with Gasteiger partial charge in [-0.1, -0.05) is 39.0 Å². The number of hydrogen-bond acceptors (Lipinski definition) is 3. The quantitative estimate of drug-likeness (QED) is 0.760. The van der Waals surface area contributed by atoms with Crippen LogP contribution in [0.25, 0.3) is 6.08 Å². The molecule has 0 aliphatic carbocycles. The lowest BCUT2D eigenvalue weighted by atomic mass is 10.2. The van der Waals surface area contributed by atoms with Crippen molar-refractivity contribution in [2.75, 3.05) is 7.11 Å². The van der Waals surface area contributed by atoms with Crippen LogP contribution in [-0.4, -0.2) is 13.6 Å². The van der Waals surface area contributed by atoms with Gasteiger partial charge in [-0.15, -0.1) is 0 Å². The lowest BCUT2D eigenvalue weighted by Crippen LogP contribution is -1.93. The summed E-state index contributed by atoms with van der Waals surface area (Å²) in [4.78, 5) is 10.2. The van der Waals surface area contributed by atoms with Crippen LogP contribution >= 0.6 is 0 Å². The summed E-state index contributed by atoms with van der Waals surface area (Å²) < 4.78 is 9.80. The van der Waals surface area contributed by atoms with E-state index in [0.717, 1.165) is 11.5 Å². The van der Waals surface area contributed by atoms with E-state index in [-0.39, 0.29) is 0 Å². The van der Waals surface area contributed by atoms with Crippen molar-refractivity contribution in [1.82, 2.24) is 0 Å². The van der Waals surface area contributed by atoms with Crippen molar-refractivity contribution in [2.45, 2.75) is 27.7 Å². The van der Waals surface area contributed by atoms with E-state index in [1.165, 1.54) is 7.11 Å². The molecule has 0 atom stereocenters. The molecule has 3 nitrogen and oxygen atoms in total. The molecule has 0 saturated carbocycles. The minimum absolute atomic E-state index is 0.382. The predicted molar refractivity (Wildman–Crippen MR) is 74.9 cm³/mol. The molecule has 0 unspecified atom stereocenters. The van der Waals surface area contributed by atoms with Crippen molar-refractivity contribution in [3.63, 3.8) is 0 Å². The molecule has 18 heavy (non-hydrogen) atoms. The van der Waals surface area contributed by atoms with Gasteiger partial charge in [-0.25, -0.2) is 0 Å². The van der Waals surface area contributed by atoms with E-state index in [1.54, 1.807) is 12.1 Å². The van der Waals surface area contributed by atoms with Crippen molar-refractivity contribution in [1.29, 1.82) is 0 Å². The summed E-state index contributed by atoms with van der Waals surface area (Å²) in [6.45, 7) is 8.81. The van der Waals surface area contributed by atoms with Crippen LogP contribution in [-0.2, 0) is 4.79 Å². The van der Waals surface area contributed by atoms with E-state index < -0.39 is 0 Å². The van der Waals surface area contributed by atoms with Crippen molar-refractivity contribution in [2.24, 2.45) is 5.92 Å². The topological polar surface area (TPSA) is 35.5 Å². The highest BCUT2D eigenvalue weighted by molar-refractivity contribution is 5.58. The first-order valence-corrected chi connectivity index (χ1v) is 5.96. The summed E-state index contributed by atoms with van der Waals surface area (Å²) in [5.74, 6) is 1.81. The molecule has 0 spiro atoms. The minimum Gasteiger partial charge on any atom is -0.493 e. The standard InChI is InChI=1S/C11H12O3.C4H10/c1-3-4-9-5-6-10(14-8-12)11(7-9)13-2;1-4(2)3/h3-8H,1-2H3;4H,1-3H3/b4-3+;. The normalized spacial score (nSPS) is 9.89. The zero-order valence-corrected chi connectivity index (χ0v) is 11.8. The lowest BCUT2D eigenvalue weighted by Gasteiger charge is -2.06. The molecule has 0 amide bonds. The first-order chi connectivity index (χ1) is 8.54. The van der Waals surface area contributed by atoms with Crippen LogP contribution in [0.15, 0.2) is 24.3 Å². The van der Waals surface area contributed by atoms with Crippen LogP contribution in [0.1, 0.15) is 33.3 Å². The Morgan fingerprint density at radius 1 is 1.17 bits per heavy atom. The molecule has 3 heteroatoms. The monoisotopic (exact) mass is 250 g/mol. The third kappa shape index (κ3) is 6.74. The van der Waals surface area contributed by atoms with Crippen LogP contribution in [0.3, 0.4) is 0 Å². The second-order valence-corrected chi connectivity index (χ2v) is 4.36. The van der Waals surface area contributed by atoms with Crippen molar-refractivity contribution in [3.8, 4) is 11.5 Å². The Hall–Kier alpha value is -1.77. The van der Waals surface area contributed by atoms with Gasteiger partial charge in [0.1, 0.15) is 0 Å². The van der Waals surface area contributed by atoms with E-state index in [2.05, 4.69) is 20.8 Å². The van der Waals surface area contributed by atoms with Crippen LogP contribution in [0.4, 0.5) is 0 Å². The fourth-order valence-corrected chi connectivity index (χ4v) is 1.13. The molecule has 0 aliphatic heterocycles. The molecule has 1 aromatic rings. The number of methoxy groups -OCH3 is 1. The Bertz CT molecular complexity index is 379. The average Bonchev–Trinajstić information content (AvgIpc) is 2.31. The van der Waals surface area contributed by atoms with E-state index in [9.17, 15) is 4.79 Å². The Balaban J connectivity index is 0.000000631. The molecule has 0 heterocycles. The third-order valence-corrected chi connectivity index (χ3v) is 1.72. The van der Waals surface area contributed by atoms with Gasteiger partial charge in [-0.2, -0.15) is 0 Å². The van der Waals surface area contributed by atoms with E-state index in [1.807, 2.05) is 25.1 Å². The number of rotatable bonds is 4. The van der Waals surface area contributed by atoms with Gasteiger partial charge in [0.05, 0.1) is 7.11 Å². The van der Waals surface area contributed by atoms with Crippen LogP contribution in [0.2, 0.25) is 0 Å². The molecule has 0 bridgehead atoms. The van der Waals surface area contributed by atoms with E-state index in [0.29, 0.717) is 18.0 Å². The largest absolute Gasteiger partial charge is 0.493 e. The highest BCUT2D eigenvalue weighted by Crippen LogP contribution is 2.27. The van der Waals surface area contributed by atoms with Crippen molar-refractivity contribution < 1.29 is 14.3 Å². The van der Waals surface area contributed by atoms with Gasteiger partial charge in [-0.3, -0.25) is 4.79 Å². The molecular weight excluding hydrogens is 228 g/mol. The molecular formula is C15H22O3. The van der Waals surface area contributed by atoms with Crippen molar-refractivity contribution in [3.05, 3.63) is 29.8 Å². The number of ether oxygens (including phenoxy) is 2. The molecule has 0 fully saturated rings. The highest BCUT2D eigenvalue weighted by atomic mass is 16.5. The summed E-state index contributed by atoms with van der Waals surface area (Å²) in [7, 11) is 1.53. The maximum atomic E-state index is 10.2. The summed E-state index contributed by atoms with van der Waals surface area (Å²) >= 11 is 0. The van der Waals surface area contributed by atoms with Gasteiger partial charge < -0.3 is 9.47 Å². The predicted octanol–water partition coefficient (Wildman–Crippen LogP) is 3.93. The maximum Gasteiger partial charge on any atom is 0.298 e. The third-order valence-electron chi connectivity index (χ3n) is 1.72. The zero-order chi connectivity index (χ0) is 14.0. The van der Waals surface area contributed by atoms with Crippen molar-refractivity contribution >= 4 is 12.5 Å². The second kappa shape index (κ2) is 9.28. The molecule has 0 saturated heterocycles. The molecule has 0 N–H and O–H groups in total. The fraction of sp³-hybridized carbons (Fsp3) is 0.400. The zero-order valence-electron chi connectivity index (χ0n) is 11.8. The van der Waals surface area contributed by atoms with Gasteiger partial charge in [0.15, 0.2) is 11.5 Å². The second-order valence-electron chi connectivity index (χ2n) is 4.36. The number of hydrogen-bond donors (Lipinski definition) is 0. The van der Waals surface area contributed by atoms with E-state index in [4.69, 9.17) is 9.47 Å². The lowest BCUT2D eigenvalue weighted by molar-refractivity contribution is -0.120. The Morgan fingerprint density at radius 3 is 2.22 bits per heavy atom. The molecule has 0 radical (unpaired) electrons. The van der Waals surface area contributed by atoms with Gasteiger partial charge in [-0.05, 0) is 30.5 Å². The summed E-state index contributed by atoms with van der Waals surface area (Å²) in [6.07, 6.45) is 3.86.